The van der Waals surface area contributed by atoms with Crippen molar-refractivity contribution in [1.82, 2.24) is 5.32 Å². The molecule has 21 heavy (non-hydrogen) atoms. The minimum absolute atomic E-state index is 0.00500. The molecule has 110 valence electrons. The van der Waals surface area contributed by atoms with Crippen LogP contribution in [0.15, 0.2) is 48.5 Å². The van der Waals surface area contributed by atoms with Gasteiger partial charge in [-0.1, -0.05) is 36.4 Å². The third kappa shape index (κ3) is 4.07. The number of rotatable bonds is 6. The molecule has 0 aliphatic carbocycles. The number of benzene rings is 2. The molecule has 2 N–H and O–H groups in total. The van der Waals surface area contributed by atoms with Crippen LogP contribution >= 0.6 is 0 Å². The van der Waals surface area contributed by atoms with Crippen LogP contribution < -0.4 is 10.1 Å². The van der Waals surface area contributed by atoms with Gasteiger partial charge in [0.2, 0.25) is 0 Å². The highest BCUT2D eigenvalue weighted by molar-refractivity contribution is 5.96. The second kappa shape index (κ2) is 7.45. The van der Waals surface area contributed by atoms with Gasteiger partial charge in [0.1, 0.15) is 5.75 Å². The number of ether oxygens (including phenoxy) is 1. The summed E-state index contributed by atoms with van der Waals surface area (Å²) in [7, 11) is 0. The first-order chi connectivity index (χ1) is 10.2. The smallest absolute Gasteiger partial charge is 0.255 e. The predicted molar refractivity (Wildman–Crippen MR) is 81.1 cm³/mol. The topological polar surface area (TPSA) is 58.6 Å². The van der Waals surface area contributed by atoms with Crippen molar-refractivity contribution in [3.63, 3.8) is 0 Å². The van der Waals surface area contributed by atoms with Crippen LogP contribution in [-0.4, -0.2) is 17.6 Å². The zero-order chi connectivity index (χ0) is 15.1. The lowest BCUT2D eigenvalue weighted by molar-refractivity contribution is 0.0947. The number of carbonyl (C=O) groups excluding carboxylic acids is 1. The number of aliphatic hydroxyl groups is 1. The first-order valence-electron chi connectivity index (χ1n) is 6.93. The monoisotopic (exact) mass is 285 g/mol. The highest BCUT2D eigenvalue weighted by Crippen LogP contribution is 2.17. The second-order valence-corrected chi connectivity index (χ2v) is 4.59. The molecule has 0 spiro atoms. The molecule has 0 radical (unpaired) electrons. The lowest BCUT2D eigenvalue weighted by atomic mass is 10.1. The molecule has 0 aliphatic rings. The van der Waals surface area contributed by atoms with Crippen LogP contribution in [0.3, 0.4) is 0 Å². The van der Waals surface area contributed by atoms with Crippen molar-refractivity contribution in [2.24, 2.45) is 0 Å². The number of amides is 1. The Morgan fingerprint density at radius 2 is 1.90 bits per heavy atom. The summed E-state index contributed by atoms with van der Waals surface area (Å²) in [6.45, 7) is 2.81. The standard InChI is InChI=1S/C17H19NO3/c1-2-21-16-9-4-3-8-15(16)17(20)18-11-13-6-5-7-14(10-13)12-19/h3-10,19H,2,11-12H2,1H3,(H,18,20). The average molecular weight is 285 g/mol. The molecule has 2 aromatic carbocycles. The summed E-state index contributed by atoms with van der Waals surface area (Å²) in [4.78, 5) is 12.2. The van der Waals surface area contributed by atoms with Gasteiger partial charge in [0.15, 0.2) is 0 Å². The highest BCUT2D eigenvalue weighted by Gasteiger charge is 2.11. The number of para-hydroxylation sites is 1. The van der Waals surface area contributed by atoms with Crippen LogP contribution in [0.25, 0.3) is 0 Å². The fourth-order valence-electron chi connectivity index (χ4n) is 2.05. The predicted octanol–water partition coefficient (Wildman–Crippen LogP) is 2.51. The summed E-state index contributed by atoms with van der Waals surface area (Å²) >= 11 is 0. The third-order valence-electron chi connectivity index (χ3n) is 3.06. The van der Waals surface area contributed by atoms with E-state index in [0.717, 1.165) is 11.1 Å². The average Bonchev–Trinajstić information content (AvgIpc) is 2.53. The van der Waals surface area contributed by atoms with E-state index in [1.54, 1.807) is 12.1 Å². The fourth-order valence-corrected chi connectivity index (χ4v) is 2.05. The minimum atomic E-state index is -0.173. The van der Waals surface area contributed by atoms with Gasteiger partial charge in [0.05, 0.1) is 18.8 Å². The number of aliphatic hydroxyl groups excluding tert-OH is 1. The van der Waals surface area contributed by atoms with E-state index in [0.29, 0.717) is 24.5 Å². The molecule has 0 fully saturated rings. The Labute approximate surface area is 124 Å². The Hall–Kier alpha value is -2.33. The van der Waals surface area contributed by atoms with E-state index in [9.17, 15) is 4.79 Å². The summed E-state index contributed by atoms with van der Waals surface area (Å²) < 4.78 is 5.45. The second-order valence-electron chi connectivity index (χ2n) is 4.59. The first kappa shape index (κ1) is 15.1. The van der Waals surface area contributed by atoms with E-state index in [1.165, 1.54) is 0 Å². The lowest BCUT2D eigenvalue weighted by Crippen LogP contribution is -2.23. The molecular weight excluding hydrogens is 266 g/mol. The Morgan fingerprint density at radius 3 is 2.67 bits per heavy atom. The fraction of sp³-hybridized carbons (Fsp3) is 0.235. The zero-order valence-electron chi connectivity index (χ0n) is 12.0. The number of nitrogens with one attached hydrogen (secondary N) is 1. The van der Waals surface area contributed by atoms with Crippen molar-refractivity contribution >= 4 is 5.91 Å². The molecule has 0 heterocycles. The van der Waals surface area contributed by atoms with E-state index in [-0.39, 0.29) is 12.5 Å². The molecule has 0 aromatic heterocycles. The zero-order valence-corrected chi connectivity index (χ0v) is 12.0. The molecule has 0 aliphatic heterocycles. The van der Waals surface area contributed by atoms with Gasteiger partial charge in [-0.2, -0.15) is 0 Å². The quantitative estimate of drug-likeness (QED) is 0.857. The largest absolute Gasteiger partial charge is 0.493 e. The summed E-state index contributed by atoms with van der Waals surface area (Å²) in [5.41, 5.74) is 2.30. The van der Waals surface area contributed by atoms with Crippen molar-refractivity contribution < 1.29 is 14.6 Å². The van der Waals surface area contributed by atoms with E-state index >= 15 is 0 Å². The molecular formula is C17H19NO3. The summed E-state index contributed by atoms with van der Waals surface area (Å²) in [5, 5.41) is 12.0. The lowest BCUT2D eigenvalue weighted by Gasteiger charge is -2.10. The molecule has 4 heteroatoms. The van der Waals surface area contributed by atoms with Gasteiger partial charge in [-0.05, 0) is 30.2 Å². The van der Waals surface area contributed by atoms with Crippen LogP contribution in [0.5, 0.6) is 5.75 Å². The maximum Gasteiger partial charge on any atom is 0.255 e. The normalized spacial score (nSPS) is 10.2. The van der Waals surface area contributed by atoms with Gasteiger partial charge >= 0.3 is 0 Å². The Morgan fingerprint density at radius 1 is 1.14 bits per heavy atom. The molecule has 1 amide bonds. The van der Waals surface area contributed by atoms with E-state index < -0.39 is 0 Å². The maximum atomic E-state index is 12.2. The van der Waals surface area contributed by atoms with E-state index in [4.69, 9.17) is 9.84 Å². The van der Waals surface area contributed by atoms with Gasteiger partial charge < -0.3 is 15.2 Å². The van der Waals surface area contributed by atoms with Crippen molar-refractivity contribution in [3.8, 4) is 5.75 Å². The van der Waals surface area contributed by atoms with Gasteiger partial charge in [0, 0.05) is 6.54 Å². The molecule has 0 saturated heterocycles. The van der Waals surface area contributed by atoms with Crippen LogP contribution in [-0.2, 0) is 13.2 Å². The molecule has 0 bridgehead atoms. The number of hydrogen-bond donors (Lipinski definition) is 2. The molecule has 2 aromatic rings. The van der Waals surface area contributed by atoms with Gasteiger partial charge in [-0.15, -0.1) is 0 Å². The van der Waals surface area contributed by atoms with E-state index in [1.807, 2.05) is 43.3 Å². The van der Waals surface area contributed by atoms with Gasteiger partial charge in [-0.3, -0.25) is 4.79 Å². The van der Waals surface area contributed by atoms with Gasteiger partial charge in [0.25, 0.3) is 5.91 Å². The minimum Gasteiger partial charge on any atom is -0.493 e. The molecule has 0 atom stereocenters. The third-order valence-corrected chi connectivity index (χ3v) is 3.06. The first-order valence-corrected chi connectivity index (χ1v) is 6.93. The molecule has 4 nitrogen and oxygen atoms in total. The van der Waals surface area contributed by atoms with Crippen LogP contribution in [0, 0.1) is 0 Å². The van der Waals surface area contributed by atoms with Crippen molar-refractivity contribution in [2.75, 3.05) is 6.61 Å². The summed E-state index contributed by atoms with van der Waals surface area (Å²) in [6, 6.07) is 14.7. The van der Waals surface area contributed by atoms with Gasteiger partial charge in [-0.25, -0.2) is 0 Å². The molecule has 0 unspecified atom stereocenters. The molecule has 2 rings (SSSR count). The van der Waals surface area contributed by atoms with Crippen LogP contribution in [0.4, 0.5) is 0 Å². The summed E-state index contributed by atoms with van der Waals surface area (Å²) in [5.74, 6) is 0.412. The number of carbonyl (C=O) groups is 1. The Balaban J connectivity index is 2.04. The highest BCUT2D eigenvalue weighted by atomic mass is 16.5. The number of hydrogen-bond acceptors (Lipinski definition) is 3. The Kier molecular flexibility index (Phi) is 5.35. The van der Waals surface area contributed by atoms with Crippen molar-refractivity contribution in [1.29, 1.82) is 0 Å². The Bertz CT molecular complexity index is 610. The maximum absolute atomic E-state index is 12.2. The van der Waals surface area contributed by atoms with Crippen LogP contribution in [0.2, 0.25) is 0 Å². The van der Waals surface area contributed by atoms with Crippen molar-refractivity contribution in [3.05, 3.63) is 65.2 Å². The van der Waals surface area contributed by atoms with Crippen LogP contribution in [0.1, 0.15) is 28.4 Å². The van der Waals surface area contributed by atoms with Crippen molar-refractivity contribution in [2.45, 2.75) is 20.1 Å². The van der Waals surface area contributed by atoms with E-state index in [2.05, 4.69) is 5.32 Å². The molecule has 0 saturated carbocycles. The SMILES string of the molecule is CCOc1ccccc1C(=O)NCc1cccc(CO)c1. The summed E-state index contributed by atoms with van der Waals surface area (Å²) in [6.07, 6.45) is 0.